The summed E-state index contributed by atoms with van der Waals surface area (Å²) in [6.07, 6.45) is 1.06. The first kappa shape index (κ1) is 20.2. The van der Waals surface area contributed by atoms with Gasteiger partial charge < -0.3 is 10.6 Å². The van der Waals surface area contributed by atoms with Crippen molar-refractivity contribution in [3.63, 3.8) is 0 Å². The summed E-state index contributed by atoms with van der Waals surface area (Å²) in [6, 6.07) is 4.08. The van der Waals surface area contributed by atoms with Gasteiger partial charge in [-0.2, -0.15) is 0 Å². The lowest BCUT2D eigenvalue weighted by molar-refractivity contribution is -0.115. The Morgan fingerprint density at radius 2 is 2.16 bits per heavy atom. The Labute approximate surface area is 154 Å². The summed E-state index contributed by atoms with van der Waals surface area (Å²) in [5.41, 5.74) is 2.67. The maximum atomic E-state index is 12.0. The Hall–Kier alpha value is -1.15. The van der Waals surface area contributed by atoms with E-state index in [0.29, 0.717) is 16.8 Å². The summed E-state index contributed by atoms with van der Waals surface area (Å²) in [5, 5.41) is 6.76. The molecule has 0 saturated carbocycles. The van der Waals surface area contributed by atoms with Crippen LogP contribution in [0, 0.1) is 6.92 Å². The highest BCUT2D eigenvalue weighted by molar-refractivity contribution is 7.90. The number of carbonyl (C=O) groups is 1. The van der Waals surface area contributed by atoms with Gasteiger partial charge in [0, 0.05) is 55.6 Å². The van der Waals surface area contributed by atoms with E-state index in [9.17, 15) is 13.2 Å². The predicted octanol–water partition coefficient (Wildman–Crippen LogP) is 1.82. The molecule has 0 aromatic heterocycles. The summed E-state index contributed by atoms with van der Waals surface area (Å²) in [7, 11) is -3.16. The van der Waals surface area contributed by atoms with Crippen molar-refractivity contribution in [1.29, 1.82) is 0 Å². The summed E-state index contributed by atoms with van der Waals surface area (Å²) < 4.78 is 22.4. The maximum absolute atomic E-state index is 12.0. The van der Waals surface area contributed by atoms with E-state index in [4.69, 9.17) is 11.6 Å². The van der Waals surface area contributed by atoms with Crippen LogP contribution in [0.25, 0.3) is 0 Å². The van der Waals surface area contributed by atoms with Gasteiger partial charge in [0.05, 0.1) is 5.75 Å². The first-order valence-corrected chi connectivity index (χ1v) is 10.8. The number of benzene rings is 1. The fourth-order valence-corrected chi connectivity index (χ4v) is 3.71. The van der Waals surface area contributed by atoms with E-state index >= 15 is 0 Å². The third-order valence-corrected chi connectivity index (χ3v) is 5.46. The molecule has 1 aromatic rings. The second kappa shape index (κ2) is 8.49. The molecule has 140 valence electrons. The standard InChI is InChI=1S/C17H26ClN3O3S/c1-12-10-21(6-5-19-12)11-14-8-15(18)9-16(13(14)2)20-17(22)4-7-25(3,23)24/h8-9,12,19H,4-7,10-11H2,1-3H3,(H,20,22)/t12-/m0/s1. The summed E-state index contributed by atoms with van der Waals surface area (Å²) in [6.45, 7) is 7.75. The van der Waals surface area contributed by atoms with Gasteiger partial charge in [0.1, 0.15) is 9.84 Å². The molecule has 8 heteroatoms. The molecule has 6 nitrogen and oxygen atoms in total. The Bertz CT molecular complexity index is 737. The predicted molar refractivity (Wildman–Crippen MR) is 102 cm³/mol. The summed E-state index contributed by atoms with van der Waals surface area (Å²) in [5.74, 6) is -0.484. The van der Waals surface area contributed by atoms with Crippen molar-refractivity contribution in [3.8, 4) is 0 Å². The minimum absolute atomic E-state index is 0.0601. The van der Waals surface area contributed by atoms with Gasteiger partial charge in [-0.1, -0.05) is 11.6 Å². The van der Waals surface area contributed by atoms with Crippen molar-refractivity contribution in [3.05, 3.63) is 28.3 Å². The minimum atomic E-state index is -3.16. The number of hydrogen-bond acceptors (Lipinski definition) is 5. The van der Waals surface area contributed by atoms with Crippen LogP contribution >= 0.6 is 11.6 Å². The molecule has 1 amide bonds. The Kier molecular flexibility index (Phi) is 6.85. The van der Waals surface area contributed by atoms with Crippen molar-refractivity contribution in [1.82, 2.24) is 10.2 Å². The SMILES string of the molecule is Cc1c(CN2CCN[C@@H](C)C2)cc(Cl)cc1NC(=O)CCS(C)(=O)=O. The van der Waals surface area contributed by atoms with Crippen molar-refractivity contribution in [2.75, 3.05) is 37.0 Å². The van der Waals surface area contributed by atoms with Crippen LogP contribution in [0.15, 0.2) is 12.1 Å². The number of amides is 1. The van der Waals surface area contributed by atoms with Crippen LogP contribution in [0.3, 0.4) is 0 Å². The zero-order valence-electron chi connectivity index (χ0n) is 14.9. The first-order chi connectivity index (χ1) is 11.6. The van der Waals surface area contributed by atoms with E-state index < -0.39 is 9.84 Å². The van der Waals surface area contributed by atoms with Crippen LogP contribution in [0.1, 0.15) is 24.5 Å². The molecule has 0 spiro atoms. The van der Waals surface area contributed by atoms with Gasteiger partial charge in [0.2, 0.25) is 5.91 Å². The number of nitrogens with one attached hydrogen (secondary N) is 2. The minimum Gasteiger partial charge on any atom is -0.326 e. The summed E-state index contributed by atoms with van der Waals surface area (Å²) in [4.78, 5) is 14.4. The summed E-state index contributed by atoms with van der Waals surface area (Å²) >= 11 is 6.22. The van der Waals surface area contributed by atoms with Gasteiger partial charge in [-0.3, -0.25) is 9.69 Å². The Morgan fingerprint density at radius 1 is 1.44 bits per heavy atom. The van der Waals surface area contributed by atoms with Crippen LogP contribution < -0.4 is 10.6 Å². The second-order valence-electron chi connectivity index (χ2n) is 6.76. The smallest absolute Gasteiger partial charge is 0.225 e. The number of anilines is 1. The maximum Gasteiger partial charge on any atom is 0.225 e. The highest BCUT2D eigenvalue weighted by atomic mass is 35.5. The molecular formula is C17H26ClN3O3S. The normalized spacial score (nSPS) is 19.0. The molecule has 1 aromatic carbocycles. The number of nitrogens with zero attached hydrogens (tertiary/aromatic N) is 1. The average molecular weight is 388 g/mol. The van der Waals surface area contributed by atoms with E-state index in [1.54, 1.807) is 6.07 Å². The highest BCUT2D eigenvalue weighted by Gasteiger charge is 2.18. The molecule has 0 unspecified atom stereocenters. The molecule has 1 saturated heterocycles. The molecule has 2 rings (SSSR count). The molecule has 1 aliphatic heterocycles. The van der Waals surface area contributed by atoms with Crippen molar-refractivity contribution >= 4 is 33.0 Å². The molecule has 0 aliphatic carbocycles. The molecule has 2 N–H and O–H groups in total. The molecular weight excluding hydrogens is 362 g/mol. The molecule has 1 aliphatic rings. The fourth-order valence-electron chi connectivity index (χ4n) is 2.92. The number of hydrogen-bond donors (Lipinski definition) is 2. The second-order valence-corrected chi connectivity index (χ2v) is 9.45. The van der Waals surface area contributed by atoms with Gasteiger partial charge in [-0.25, -0.2) is 8.42 Å². The van der Waals surface area contributed by atoms with E-state index in [-0.39, 0.29) is 18.1 Å². The number of sulfone groups is 1. The molecule has 0 radical (unpaired) electrons. The van der Waals surface area contributed by atoms with Gasteiger partial charge in [0.15, 0.2) is 0 Å². The fraction of sp³-hybridized carbons (Fsp3) is 0.588. The van der Waals surface area contributed by atoms with Crippen molar-refractivity contribution in [2.45, 2.75) is 32.9 Å². The van der Waals surface area contributed by atoms with Crippen molar-refractivity contribution in [2.24, 2.45) is 0 Å². The first-order valence-electron chi connectivity index (χ1n) is 8.36. The van der Waals surface area contributed by atoms with Gasteiger partial charge >= 0.3 is 0 Å². The highest BCUT2D eigenvalue weighted by Crippen LogP contribution is 2.26. The number of piperazine rings is 1. The van der Waals surface area contributed by atoms with Crippen LogP contribution in [0.2, 0.25) is 5.02 Å². The number of rotatable bonds is 6. The van der Waals surface area contributed by atoms with E-state index in [2.05, 4.69) is 22.5 Å². The van der Waals surface area contributed by atoms with Crippen LogP contribution in [0.4, 0.5) is 5.69 Å². The van der Waals surface area contributed by atoms with Gasteiger partial charge in [-0.05, 0) is 37.1 Å². The third-order valence-electron chi connectivity index (χ3n) is 4.30. The van der Waals surface area contributed by atoms with E-state index in [1.165, 1.54) is 0 Å². The molecule has 1 heterocycles. The van der Waals surface area contributed by atoms with Crippen LogP contribution in [-0.2, 0) is 21.2 Å². The largest absolute Gasteiger partial charge is 0.326 e. The van der Waals surface area contributed by atoms with Crippen molar-refractivity contribution < 1.29 is 13.2 Å². The van der Waals surface area contributed by atoms with Crippen LogP contribution in [0.5, 0.6) is 0 Å². The molecule has 1 atom stereocenters. The number of carbonyl (C=O) groups excluding carboxylic acids is 1. The van der Waals surface area contributed by atoms with E-state index in [0.717, 1.165) is 43.6 Å². The lowest BCUT2D eigenvalue weighted by Gasteiger charge is -2.32. The average Bonchev–Trinajstić information content (AvgIpc) is 2.49. The molecule has 25 heavy (non-hydrogen) atoms. The molecule has 0 bridgehead atoms. The topological polar surface area (TPSA) is 78.5 Å². The zero-order chi connectivity index (χ0) is 18.6. The Morgan fingerprint density at radius 3 is 2.80 bits per heavy atom. The monoisotopic (exact) mass is 387 g/mol. The third kappa shape index (κ3) is 6.58. The number of halogens is 1. The quantitative estimate of drug-likeness (QED) is 0.778. The van der Waals surface area contributed by atoms with Crippen LogP contribution in [-0.4, -0.2) is 56.9 Å². The lowest BCUT2D eigenvalue weighted by Crippen LogP contribution is -2.48. The van der Waals surface area contributed by atoms with Gasteiger partial charge in [0.25, 0.3) is 0 Å². The zero-order valence-corrected chi connectivity index (χ0v) is 16.5. The lowest BCUT2D eigenvalue weighted by atomic mass is 10.0. The van der Waals surface area contributed by atoms with Gasteiger partial charge in [-0.15, -0.1) is 0 Å². The molecule has 1 fully saturated rings. The Balaban J connectivity index is 2.09. The van der Waals surface area contributed by atoms with E-state index in [1.807, 2.05) is 13.0 Å².